The molecule has 5 heteroatoms. The molecule has 0 saturated heterocycles. The average Bonchev–Trinajstić information content (AvgIpc) is 2.95. The number of rotatable bonds is 3. The number of hydrogen-bond donors (Lipinski definition) is 1. The molecule has 0 amide bonds. The molecule has 0 aliphatic heterocycles. The molecular formula is C14H14N4O. The molecule has 0 saturated carbocycles. The number of nitrogens with two attached hydrogens (primary N) is 1. The number of aromatic nitrogens is 3. The maximum absolute atomic E-state index is 5.89. The highest BCUT2D eigenvalue weighted by molar-refractivity contribution is 5.92. The summed E-state index contributed by atoms with van der Waals surface area (Å²) in [5, 5.41) is 6.00. The van der Waals surface area contributed by atoms with E-state index in [-0.39, 0.29) is 6.04 Å². The van der Waals surface area contributed by atoms with Crippen molar-refractivity contribution in [2.24, 2.45) is 5.73 Å². The van der Waals surface area contributed by atoms with Crippen molar-refractivity contribution in [1.82, 2.24) is 15.1 Å². The molecule has 3 rings (SSSR count). The summed E-state index contributed by atoms with van der Waals surface area (Å²) < 4.78 is 5.28. The van der Waals surface area contributed by atoms with E-state index >= 15 is 0 Å². The summed E-state index contributed by atoms with van der Waals surface area (Å²) in [6, 6.07) is 9.71. The summed E-state index contributed by atoms with van der Waals surface area (Å²) in [5.41, 5.74) is 6.59. The Hall–Kier alpha value is -2.27. The molecule has 0 radical (unpaired) electrons. The third kappa shape index (κ3) is 2.08. The largest absolute Gasteiger partial charge is 0.332 e. The van der Waals surface area contributed by atoms with Crippen molar-refractivity contribution in [3.05, 3.63) is 42.4 Å². The van der Waals surface area contributed by atoms with E-state index in [0.717, 1.165) is 17.2 Å². The van der Waals surface area contributed by atoms with Crippen LogP contribution < -0.4 is 5.73 Å². The van der Waals surface area contributed by atoms with Gasteiger partial charge in [-0.3, -0.25) is 4.98 Å². The zero-order valence-electron chi connectivity index (χ0n) is 10.6. The number of hydrogen-bond acceptors (Lipinski definition) is 5. The second-order valence-electron chi connectivity index (χ2n) is 4.35. The lowest BCUT2D eigenvalue weighted by atomic mass is 10.1. The highest BCUT2D eigenvalue weighted by Gasteiger charge is 2.16. The number of fused-ring (bicyclic) bond motifs is 1. The van der Waals surface area contributed by atoms with Gasteiger partial charge < -0.3 is 10.3 Å². The molecule has 0 aliphatic carbocycles. The molecule has 2 N–H and O–H groups in total. The molecule has 1 atom stereocenters. The normalized spacial score (nSPS) is 12.7. The quantitative estimate of drug-likeness (QED) is 0.777. The van der Waals surface area contributed by atoms with Crippen LogP contribution in [0.5, 0.6) is 0 Å². The molecule has 0 spiro atoms. The summed E-state index contributed by atoms with van der Waals surface area (Å²) in [6.45, 7) is 1.98. The van der Waals surface area contributed by atoms with E-state index < -0.39 is 0 Å². The summed E-state index contributed by atoms with van der Waals surface area (Å²) in [7, 11) is 0. The van der Waals surface area contributed by atoms with Crippen LogP contribution in [-0.4, -0.2) is 15.1 Å². The van der Waals surface area contributed by atoms with Gasteiger partial charge in [-0.1, -0.05) is 36.3 Å². The fraction of sp³-hybridized carbons (Fsp3) is 0.214. The highest BCUT2D eigenvalue weighted by atomic mass is 16.5. The van der Waals surface area contributed by atoms with Crippen LogP contribution in [-0.2, 0) is 0 Å². The van der Waals surface area contributed by atoms with Crippen molar-refractivity contribution in [3.63, 3.8) is 0 Å². The zero-order chi connectivity index (χ0) is 13.2. The van der Waals surface area contributed by atoms with Gasteiger partial charge in [0.05, 0.1) is 6.04 Å². The summed E-state index contributed by atoms with van der Waals surface area (Å²) in [4.78, 5) is 8.67. The van der Waals surface area contributed by atoms with Crippen LogP contribution in [0.2, 0.25) is 0 Å². The Morgan fingerprint density at radius 3 is 2.95 bits per heavy atom. The molecule has 96 valence electrons. The number of nitrogens with zero attached hydrogens (tertiary/aromatic N) is 3. The lowest BCUT2D eigenvalue weighted by Crippen LogP contribution is -2.10. The van der Waals surface area contributed by atoms with Crippen LogP contribution in [0.3, 0.4) is 0 Å². The average molecular weight is 254 g/mol. The monoisotopic (exact) mass is 254 g/mol. The summed E-state index contributed by atoms with van der Waals surface area (Å²) >= 11 is 0. The number of benzene rings is 1. The predicted octanol–water partition coefficient (Wildman–Crippen LogP) is 2.69. The van der Waals surface area contributed by atoms with Crippen LogP contribution in [0.1, 0.15) is 25.2 Å². The van der Waals surface area contributed by atoms with Crippen LogP contribution in [0, 0.1) is 0 Å². The zero-order valence-corrected chi connectivity index (χ0v) is 10.6. The minimum atomic E-state index is -0.201. The third-order valence-corrected chi connectivity index (χ3v) is 3.09. The fourth-order valence-electron chi connectivity index (χ4n) is 1.95. The first-order chi connectivity index (χ1) is 9.29. The Morgan fingerprint density at radius 1 is 1.26 bits per heavy atom. The first kappa shape index (κ1) is 11.8. The predicted molar refractivity (Wildman–Crippen MR) is 72.3 cm³/mol. The van der Waals surface area contributed by atoms with Gasteiger partial charge in [-0.25, -0.2) is 0 Å². The number of pyridine rings is 1. The van der Waals surface area contributed by atoms with Gasteiger partial charge in [-0.15, -0.1) is 0 Å². The smallest absolute Gasteiger partial charge is 0.277 e. The molecule has 2 aromatic heterocycles. The van der Waals surface area contributed by atoms with E-state index in [1.165, 1.54) is 0 Å². The molecule has 5 nitrogen and oxygen atoms in total. The van der Waals surface area contributed by atoms with Gasteiger partial charge in [0.1, 0.15) is 5.69 Å². The standard InChI is InChI=1S/C14H14N4O/c1-2-11(15)13-17-14(19-18-13)12-10-6-4-3-5-9(10)7-8-16-12/h3-8,11H,2,15H2,1H3. The molecule has 1 unspecified atom stereocenters. The Labute approximate surface area is 110 Å². The van der Waals surface area contributed by atoms with Crippen molar-refractivity contribution in [3.8, 4) is 11.6 Å². The summed E-state index contributed by atoms with van der Waals surface area (Å²) in [6.07, 6.45) is 2.50. The minimum absolute atomic E-state index is 0.201. The summed E-state index contributed by atoms with van der Waals surface area (Å²) in [5.74, 6) is 0.933. The molecular weight excluding hydrogens is 240 g/mol. The highest BCUT2D eigenvalue weighted by Crippen LogP contribution is 2.25. The van der Waals surface area contributed by atoms with Crippen LogP contribution in [0.25, 0.3) is 22.4 Å². The van der Waals surface area contributed by atoms with Crippen molar-refractivity contribution >= 4 is 10.8 Å². The van der Waals surface area contributed by atoms with E-state index in [1.54, 1.807) is 6.20 Å². The van der Waals surface area contributed by atoms with E-state index in [4.69, 9.17) is 10.3 Å². The first-order valence-corrected chi connectivity index (χ1v) is 6.23. The lowest BCUT2D eigenvalue weighted by Gasteiger charge is -2.01. The van der Waals surface area contributed by atoms with Crippen molar-refractivity contribution in [2.75, 3.05) is 0 Å². The van der Waals surface area contributed by atoms with Gasteiger partial charge in [0.2, 0.25) is 0 Å². The molecule has 19 heavy (non-hydrogen) atoms. The minimum Gasteiger partial charge on any atom is -0.332 e. The Bertz CT molecular complexity index is 702. The molecule has 3 aromatic rings. The van der Waals surface area contributed by atoms with E-state index in [0.29, 0.717) is 17.4 Å². The topological polar surface area (TPSA) is 77.8 Å². The van der Waals surface area contributed by atoms with Crippen LogP contribution in [0.4, 0.5) is 0 Å². The van der Waals surface area contributed by atoms with E-state index in [2.05, 4.69) is 15.1 Å². The van der Waals surface area contributed by atoms with Crippen molar-refractivity contribution in [1.29, 1.82) is 0 Å². The maximum atomic E-state index is 5.89. The third-order valence-electron chi connectivity index (χ3n) is 3.09. The Balaban J connectivity index is 2.12. The van der Waals surface area contributed by atoms with Gasteiger partial charge in [0.25, 0.3) is 5.89 Å². The molecule has 2 heterocycles. The molecule has 0 bridgehead atoms. The van der Waals surface area contributed by atoms with Crippen LogP contribution >= 0.6 is 0 Å². The molecule has 0 fully saturated rings. The lowest BCUT2D eigenvalue weighted by molar-refractivity contribution is 0.414. The maximum Gasteiger partial charge on any atom is 0.277 e. The van der Waals surface area contributed by atoms with E-state index in [9.17, 15) is 0 Å². The molecule has 1 aromatic carbocycles. The van der Waals surface area contributed by atoms with Crippen LogP contribution in [0.15, 0.2) is 41.1 Å². The fourth-order valence-corrected chi connectivity index (χ4v) is 1.95. The van der Waals surface area contributed by atoms with Gasteiger partial charge in [-0.05, 0) is 17.9 Å². The van der Waals surface area contributed by atoms with Crippen molar-refractivity contribution in [2.45, 2.75) is 19.4 Å². The molecule has 0 aliphatic rings. The van der Waals surface area contributed by atoms with E-state index in [1.807, 2.05) is 37.3 Å². The van der Waals surface area contributed by atoms with Crippen molar-refractivity contribution < 1.29 is 4.52 Å². The van der Waals surface area contributed by atoms with Gasteiger partial charge >= 0.3 is 0 Å². The second-order valence-corrected chi connectivity index (χ2v) is 4.35. The second kappa shape index (κ2) is 4.78. The SMILES string of the molecule is CCC(N)c1noc(-c2nccc3ccccc23)n1. The first-order valence-electron chi connectivity index (χ1n) is 6.23. The Morgan fingerprint density at radius 2 is 2.11 bits per heavy atom. The van der Waals surface area contributed by atoms with Gasteiger partial charge in [0.15, 0.2) is 5.82 Å². The Kier molecular flexibility index (Phi) is 2.97. The van der Waals surface area contributed by atoms with Gasteiger partial charge in [-0.2, -0.15) is 4.98 Å². The van der Waals surface area contributed by atoms with Gasteiger partial charge in [0, 0.05) is 11.6 Å².